The lowest BCUT2D eigenvalue weighted by Crippen LogP contribution is -2.38. The van der Waals surface area contributed by atoms with E-state index < -0.39 is 0 Å². The van der Waals surface area contributed by atoms with Crippen LogP contribution in [0.25, 0.3) is 0 Å². The molecule has 0 bridgehead atoms. The van der Waals surface area contributed by atoms with E-state index in [1.807, 2.05) is 12.1 Å². The highest BCUT2D eigenvalue weighted by Crippen LogP contribution is 2.33. The van der Waals surface area contributed by atoms with Gasteiger partial charge in [0, 0.05) is 32.3 Å². The van der Waals surface area contributed by atoms with Gasteiger partial charge in [-0.05, 0) is 12.3 Å². The largest absolute Gasteiger partial charge is 0.496 e. The van der Waals surface area contributed by atoms with E-state index in [-0.39, 0.29) is 0 Å². The van der Waals surface area contributed by atoms with Crippen molar-refractivity contribution in [2.45, 2.75) is 26.8 Å². The summed E-state index contributed by atoms with van der Waals surface area (Å²) >= 11 is 0. The Labute approximate surface area is 157 Å². The fourth-order valence-corrected chi connectivity index (χ4v) is 2.31. The fourth-order valence-electron chi connectivity index (χ4n) is 2.31. The maximum Gasteiger partial charge on any atom is 0.191 e. The lowest BCUT2D eigenvalue weighted by atomic mass is 10.1. The highest BCUT2D eigenvalue weighted by molar-refractivity contribution is 5.79. The summed E-state index contributed by atoms with van der Waals surface area (Å²) in [5.41, 5.74) is 0.895. The average Bonchev–Trinajstić information content (AvgIpc) is 2.65. The van der Waals surface area contributed by atoms with Gasteiger partial charge in [-0.15, -0.1) is 0 Å². The van der Waals surface area contributed by atoms with Gasteiger partial charge >= 0.3 is 0 Å². The Bertz CT molecular complexity index is 537. The number of guanidine groups is 1. The number of nitrogens with zero attached hydrogens (tertiary/aromatic N) is 1. The van der Waals surface area contributed by atoms with Gasteiger partial charge in [-0.1, -0.05) is 13.8 Å². The topological polar surface area (TPSA) is 73.3 Å². The third-order valence-electron chi connectivity index (χ3n) is 3.85. The fraction of sp³-hybridized carbons (Fsp3) is 0.632. The Morgan fingerprint density at radius 3 is 2.15 bits per heavy atom. The van der Waals surface area contributed by atoms with Crippen molar-refractivity contribution in [3.05, 3.63) is 17.7 Å². The lowest BCUT2D eigenvalue weighted by Gasteiger charge is -2.17. The van der Waals surface area contributed by atoms with Crippen LogP contribution in [0.2, 0.25) is 0 Å². The van der Waals surface area contributed by atoms with Gasteiger partial charge in [-0.25, -0.2) is 0 Å². The van der Waals surface area contributed by atoms with Crippen molar-refractivity contribution in [3.8, 4) is 17.2 Å². The highest BCUT2D eigenvalue weighted by Gasteiger charge is 2.13. The molecule has 1 aromatic rings. The Hall–Kier alpha value is -2.15. The van der Waals surface area contributed by atoms with Crippen LogP contribution in [0, 0.1) is 5.92 Å². The number of methoxy groups -OCH3 is 3. The van der Waals surface area contributed by atoms with Crippen LogP contribution >= 0.6 is 0 Å². The van der Waals surface area contributed by atoms with Gasteiger partial charge in [-0.3, -0.25) is 4.99 Å². The van der Waals surface area contributed by atoms with Gasteiger partial charge in [0.25, 0.3) is 0 Å². The standard InChI is InChI=1S/C19H33N3O4/c1-14(2)7-9-26-10-8-21-19(20-3)22-13-16-17(24-5)11-15(23-4)12-18(16)25-6/h11-12,14H,7-10,13H2,1-6H3,(H2,20,21,22). The Kier molecular flexibility index (Phi) is 10.3. The number of benzene rings is 1. The number of hydrogen-bond donors (Lipinski definition) is 2. The van der Waals surface area contributed by atoms with E-state index in [4.69, 9.17) is 18.9 Å². The zero-order chi connectivity index (χ0) is 19.4. The predicted octanol–water partition coefficient (Wildman–Crippen LogP) is 2.44. The van der Waals surface area contributed by atoms with Crippen molar-refractivity contribution in [3.63, 3.8) is 0 Å². The molecule has 148 valence electrons. The summed E-state index contributed by atoms with van der Waals surface area (Å²) in [4.78, 5) is 4.23. The Balaban J connectivity index is 2.55. The van der Waals surface area contributed by atoms with E-state index in [0.29, 0.717) is 48.8 Å². The molecule has 0 aliphatic rings. The molecule has 0 aromatic heterocycles. The molecule has 26 heavy (non-hydrogen) atoms. The summed E-state index contributed by atoms with van der Waals surface area (Å²) in [5, 5.41) is 6.50. The third-order valence-corrected chi connectivity index (χ3v) is 3.85. The van der Waals surface area contributed by atoms with Crippen molar-refractivity contribution in [2.24, 2.45) is 10.9 Å². The Morgan fingerprint density at radius 2 is 1.65 bits per heavy atom. The molecule has 0 saturated heterocycles. The van der Waals surface area contributed by atoms with Crippen LogP contribution in [-0.4, -0.2) is 54.1 Å². The summed E-state index contributed by atoms with van der Waals surface area (Å²) in [6.45, 7) is 7.00. The van der Waals surface area contributed by atoms with Crippen molar-refractivity contribution >= 4 is 5.96 Å². The second-order valence-electron chi connectivity index (χ2n) is 6.16. The summed E-state index contributed by atoms with van der Waals surface area (Å²) < 4.78 is 21.8. The molecule has 0 amide bonds. The molecule has 7 nitrogen and oxygen atoms in total. The molecular formula is C19H33N3O4. The van der Waals surface area contributed by atoms with E-state index in [1.54, 1.807) is 28.4 Å². The first-order valence-electron chi connectivity index (χ1n) is 8.86. The molecule has 7 heteroatoms. The number of hydrogen-bond acceptors (Lipinski definition) is 5. The van der Waals surface area contributed by atoms with Crippen LogP contribution in [0.3, 0.4) is 0 Å². The van der Waals surface area contributed by atoms with Gasteiger partial charge in [0.2, 0.25) is 0 Å². The van der Waals surface area contributed by atoms with Gasteiger partial charge < -0.3 is 29.6 Å². The van der Waals surface area contributed by atoms with E-state index in [2.05, 4.69) is 29.5 Å². The molecule has 1 aromatic carbocycles. The first kappa shape index (κ1) is 21.9. The molecule has 0 saturated carbocycles. The second-order valence-corrected chi connectivity index (χ2v) is 6.16. The Morgan fingerprint density at radius 1 is 1.00 bits per heavy atom. The van der Waals surface area contributed by atoms with Crippen LogP contribution in [-0.2, 0) is 11.3 Å². The van der Waals surface area contributed by atoms with Gasteiger partial charge in [-0.2, -0.15) is 0 Å². The van der Waals surface area contributed by atoms with Crippen LogP contribution in [0.5, 0.6) is 17.2 Å². The molecule has 0 radical (unpaired) electrons. The zero-order valence-electron chi connectivity index (χ0n) is 16.8. The number of rotatable bonds is 11. The van der Waals surface area contributed by atoms with Crippen LogP contribution in [0.1, 0.15) is 25.8 Å². The molecule has 0 unspecified atom stereocenters. The maximum atomic E-state index is 5.60. The molecule has 0 heterocycles. The second kappa shape index (κ2) is 12.2. The monoisotopic (exact) mass is 367 g/mol. The van der Waals surface area contributed by atoms with Gasteiger partial charge in [0.05, 0.1) is 40.0 Å². The minimum absolute atomic E-state index is 0.504. The van der Waals surface area contributed by atoms with Crippen LogP contribution < -0.4 is 24.8 Å². The van der Waals surface area contributed by atoms with Crippen molar-refractivity contribution in [2.75, 3.05) is 48.1 Å². The predicted molar refractivity (Wildman–Crippen MR) is 105 cm³/mol. The molecule has 0 aliphatic carbocycles. The zero-order valence-corrected chi connectivity index (χ0v) is 16.8. The molecule has 0 aliphatic heterocycles. The van der Waals surface area contributed by atoms with E-state index in [9.17, 15) is 0 Å². The van der Waals surface area contributed by atoms with Gasteiger partial charge in [0.1, 0.15) is 17.2 Å². The molecule has 0 atom stereocenters. The quantitative estimate of drug-likeness (QED) is 0.356. The molecule has 0 fully saturated rings. The van der Waals surface area contributed by atoms with Crippen LogP contribution in [0.15, 0.2) is 17.1 Å². The lowest BCUT2D eigenvalue weighted by molar-refractivity contribution is 0.128. The average molecular weight is 367 g/mol. The normalized spacial score (nSPS) is 11.4. The van der Waals surface area contributed by atoms with Crippen molar-refractivity contribution in [1.29, 1.82) is 0 Å². The first-order valence-corrected chi connectivity index (χ1v) is 8.86. The number of aliphatic imine (C=N–C) groups is 1. The SMILES string of the molecule is CN=C(NCCOCCC(C)C)NCc1c(OC)cc(OC)cc1OC. The molecule has 0 spiro atoms. The molecule has 2 N–H and O–H groups in total. The summed E-state index contributed by atoms with van der Waals surface area (Å²) in [6.07, 6.45) is 1.07. The van der Waals surface area contributed by atoms with E-state index in [1.165, 1.54) is 0 Å². The number of nitrogens with one attached hydrogen (secondary N) is 2. The van der Waals surface area contributed by atoms with E-state index in [0.717, 1.165) is 18.6 Å². The van der Waals surface area contributed by atoms with Crippen molar-refractivity contribution < 1.29 is 18.9 Å². The maximum absolute atomic E-state index is 5.60. The minimum Gasteiger partial charge on any atom is -0.496 e. The summed E-state index contributed by atoms with van der Waals surface area (Å²) in [5.74, 6) is 3.43. The van der Waals surface area contributed by atoms with Gasteiger partial charge in [0.15, 0.2) is 5.96 Å². The highest BCUT2D eigenvalue weighted by atomic mass is 16.5. The minimum atomic E-state index is 0.504. The van der Waals surface area contributed by atoms with Crippen molar-refractivity contribution in [1.82, 2.24) is 10.6 Å². The van der Waals surface area contributed by atoms with E-state index >= 15 is 0 Å². The smallest absolute Gasteiger partial charge is 0.191 e. The third kappa shape index (κ3) is 7.39. The summed E-state index contributed by atoms with van der Waals surface area (Å²) in [7, 11) is 6.59. The molecular weight excluding hydrogens is 334 g/mol. The summed E-state index contributed by atoms with van der Waals surface area (Å²) in [6, 6.07) is 3.66. The first-order chi connectivity index (χ1) is 12.5. The molecule has 1 rings (SSSR count). The van der Waals surface area contributed by atoms with Crippen LogP contribution in [0.4, 0.5) is 0 Å². The number of ether oxygens (including phenoxy) is 4.